The number of nitrogens with one attached hydrogen (secondary N) is 3. The van der Waals surface area contributed by atoms with Crippen molar-refractivity contribution in [3.8, 4) is 0 Å². The predicted molar refractivity (Wildman–Crippen MR) is 98.1 cm³/mol. The number of rotatable bonds is 5. The molecule has 2 rings (SSSR count). The highest BCUT2D eigenvalue weighted by atomic mass is 32.2. The van der Waals surface area contributed by atoms with Crippen LogP contribution in [0.1, 0.15) is 37.0 Å². The number of hydrogen-bond donors (Lipinski definition) is 4. The lowest BCUT2D eigenvalue weighted by Gasteiger charge is -2.33. The van der Waals surface area contributed by atoms with Crippen LogP contribution >= 0.6 is 11.8 Å². The van der Waals surface area contributed by atoms with E-state index in [4.69, 9.17) is 0 Å². The van der Waals surface area contributed by atoms with Crippen LogP contribution in [0.5, 0.6) is 0 Å². The fourth-order valence-electron chi connectivity index (χ4n) is 2.57. The van der Waals surface area contributed by atoms with Gasteiger partial charge in [-0.3, -0.25) is 4.79 Å². The number of carbonyl (C=O) groups is 3. The highest BCUT2D eigenvalue weighted by Gasteiger charge is 2.41. The predicted octanol–water partition coefficient (Wildman–Crippen LogP) is 2.30. The molecule has 1 aromatic carbocycles. The average molecular weight is 365 g/mol. The van der Waals surface area contributed by atoms with E-state index in [1.54, 1.807) is 30.0 Å². The van der Waals surface area contributed by atoms with E-state index in [1.165, 1.54) is 6.07 Å². The molecule has 0 spiro atoms. The molecule has 1 aromatic rings. The van der Waals surface area contributed by atoms with Gasteiger partial charge < -0.3 is 21.1 Å². The molecule has 1 aliphatic heterocycles. The van der Waals surface area contributed by atoms with Gasteiger partial charge >= 0.3 is 12.0 Å². The molecular weight excluding hydrogens is 342 g/mol. The fourth-order valence-corrected chi connectivity index (χ4v) is 3.76. The number of carboxylic acid groups (broad SMARTS) is 1. The molecule has 7 nitrogen and oxygen atoms in total. The standard InChI is InChI=1S/C17H23N3O4S/c1-11(2)18-16(24)19-13-5-3-4-12(10-13)14(21)20-17(15(22)23)6-8-25-9-7-17/h3-5,10-11H,6-9H2,1-2H3,(H,20,21)(H,22,23)(H2,18,19,24). The molecule has 1 saturated heterocycles. The molecule has 0 saturated carbocycles. The summed E-state index contributed by atoms with van der Waals surface area (Å²) < 4.78 is 0. The quantitative estimate of drug-likeness (QED) is 0.640. The molecule has 0 bridgehead atoms. The van der Waals surface area contributed by atoms with E-state index in [0.717, 1.165) is 0 Å². The maximum Gasteiger partial charge on any atom is 0.329 e. The smallest absolute Gasteiger partial charge is 0.329 e. The Labute approximate surface area is 150 Å². The number of anilines is 1. The van der Waals surface area contributed by atoms with Gasteiger partial charge in [0.2, 0.25) is 0 Å². The van der Waals surface area contributed by atoms with Gasteiger partial charge in [-0.25, -0.2) is 9.59 Å². The van der Waals surface area contributed by atoms with E-state index in [1.807, 2.05) is 13.8 Å². The first kappa shape index (κ1) is 19.1. The summed E-state index contributed by atoms with van der Waals surface area (Å²) >= 11 is 1.68. The summed E-state index contributed by atoms with van der Waals surface area (Å²) in [6.45, 7) is 3.69. The Kier molecular flexibility index (Phi) is 6.30. The highest BCUT2D eigenvalue weighted by molar-refractivity contribution is 7.99. The van der Waals surface area contributed by atoms with Crippen LogP contribution in [0, 0.1) is 0 Å². The lowest BCUT2D eigenvalue weighted by Crippen LogP contribution is -2.56. The minimum atomic E-state index is -1.22. The van der Waals surface area contributed by atoms with E-state index in [2.05, 4.69) is 16.0 Å². The van der Waals surface area contributed by atoms with Crippen LogP contribution in [-0.2, 0) is 4.79 Å². The van der Waals surface area contributed by atoms with Crippen molar-refractivity contribution in [2.75, 3.05) is 16.8 Å². The molecule has 4 N–H and O–H groups in total. The monoisotopic (exact) mass is 365 g/mol. The molecule has 25 heavy (non-hydrogen) atoms. The van der Waals surface area contributed by atoms with Crippen molar-refractivity contribution in [2.24, 2.45) is 0 Å². The number of hydrogen-bond acceptors (Lipinski definition) is 4. The second-order valence-corrected chi connectivity index (χ2v) is 7.51. The summed E-state index contributed by atoms with van der Waals surface area (Å²) in [5.41, 5.74) is -0.448. The lowest BCUT2D eigenvalue weighted by molar-refractivity contribution is -0.144. The minimum Gasteiger partial charge on any atom is -0.480 e. The number of thioether (sulfide) groups is 1. The van der Waals surface area contributed by atoms with Gasteiger partial charge in [0.1, 0.15) is 5.54 Å². The molecule has 136 valence electrons. The maximum absolute atomic E-state index is 12.5. The Morgan fingerprint density at radius 3 is 2.48 bits per heavy atom. The largest absolute Gasteiger partial charge is 0.480 e. The lowest BCUT2D eigenvalue weighted by atomic mass is 9.92. The van der Waals surface area contributed by atoms with E-state index in [-0.39, 0.29) is 12.1 Å². The summed E-state index contributed by atoms with van der Waals surface area (Å²) in [6.07, 6.45) is 0.793. The number of carboxylic acids is 1. The Hall–Kier alpha value is -2.22. The van der Waals surface area contributed by atoms with Crippen LogP contribution in [0.15, 0.2) is 24.3 Å². The van der Waals surface area contributed by atoms with Crippen molar-refractivity contribution in [2.45, 2.75) is 38.3 Å². The molecule has 0 aliphatic carbocycles. The van der Waals surface area contributed by atoms with Crippen molar-refractivity contribution >= 4 is 35.4 Å². The molecule has 8 heteroatoms. The number of benzene rings is 1. The SMILES string of the molecule is CC(C)NC(=O)Nc1cccc(C(=O)NC2(C(=O)O)CCSCC2)c1. The van der Waals surface area contributed by atoms with Crippen LogP contribution in [0.3, 0.4) is 0 Å². The van der Waals surface area contributed by atoms with Crippen LogP contribution < -0.4 is 16.0 Å². The Bertz CT molecular complexity index is 657. The molecule has 0 radical (unpaired) electrons. The zero-order valence-corrected chi connectivity index (χ0v) is 15.1. The van der Waals surface area contributed by atoms with Crippen LogP contribution in [0.4, 0.5) is 10.5 Å². The van der Waals surface area contributed by atoms with Gasteiger partial charge in [0.15, 0.2) is 0 Å². The molecular formula is C17H23N3O4S. The van der Waals surface area contributed by atoms with Crippen LogP contribution in [-0.4, -0.2) is 46.1 Å². The minimum absolute atomic E-state index is 0.00826. The first-order valence-electron chi connectivity index (χ1n) is 8.14. The van der Waals surface area contributed by atoms with Crippen LogP contribution in [0.25, 0.3) is 0 Å². The normalized spacial score (nSPS) is 16.1. The molecule has 0 atom stereocenters. The van der Waals surface area contributed by atoms with Gasteiger partial charge in [0.25, 0.3) is 5.91 Å². The first-order valence-corrected chi connectivity index (χ1v) is 9.29. The van der Waals surface area contributed by atoms with Crippen molar-refractivity contribution < 1.29 is 19.5 Å². The zero-order valence-electron chi connectivity index (χ0n) is 14.3. The van der Waals surface area contributed by atoms with Crippen molar-refractivity contribution in [1.29, 1.82) is 0 Å². The maximum atomic E-state index is 12.5. The number of urea groups is 1. The Balaban J connectivity index is 2.10. The number of carbonyl (C=O) groups excluding carboxylic acids is 2. The first-order chi connectivity index (χ1) is 11.8. The summed E-state index contributed by atoms with van der Waals surface area (Å²) in [5, 5.41) is 17.6. The Morgan fingerprint density at radius 1 is 1.20 bits per heavy atom. The van der Waals surface area contributed by atoms with Crippen molar-refractivity contribution in [3.05, 3.63) is 29.8 Å². The van der Waals surface area contributed by atoms with Gasteiger partial charge in [0, 0.05) is 17.3 Å². The van der Waals surface area contributed by atoms with Gasteiger partial charge in [-0.05, 0) is 56.4 Å². The topological polar surface area (TPSA) is 108 Å². The van der Waals surface area contributed by atoms with E-state index >= 15 is 0 Å². The van der Waals surface area contributed by atoms with Gasteiger partial charge in [0.05, 0.1) is 0 Å². The molecule has 1 aliphatic rings. The third kappa shape index (κ3) is 5.12. The zero-order chi connectivity index (χ0) is 18.4. The van der Waals surface area contributed by atoms with Gasteiger partial charge in [-0.1, -0.05) is 6.07 Å². The van der Waals surface area contributed by atoms with Gasteiger partial charge in [-0.2, -0.15) is 11.8 Å². The van der Waals surface area contributed by atoms with E-state index in [9.17, 15) is 19.5 Å². The second-order valence-electron chi connectivity index (χ2n) is 6.29. The molecule has 1 fully saturated rings. The molecule has 0 aromatic heterocycles. The van der Waals surface area contributed by atoms with E-state index < -0.39 is 17.4 Å². The summed E-state index contributed by atoms with van der Waals surface area (Å²) in [4.78, 5) is 36.0. The molecule has 0 unspecified atom stereocenters. The molecule has 1 heterocycles. The Morgan fingerprint density at radius 2 is 1.88 bits per heavy atom. The van der Waals surface area contributed by atoms with E-state index in [0.29, 0.717) is 35.6 Å². The number of aliphatic carboxylic acids is 1. The fraction of sp³-hybridized carbons (Fsp3) is 0.471. The summed E-state index contributed by atoms with van der Waals surface area (Å²) in [5.74, 6) is -0.0680. The van der Waals surface area contributed by atoms with Gasteiger partial charge in [-0.15, -0.1) is 0 Å². The average Bonchev–Trinajstić information content (AvgIpc) is 2.55. The third-order valence-corrected chi connectivity index (χ3v) is 4.90. The van der Waals surface area contributed by atoms with Crippen molar-refractivity contribution in [3.63, 3.8) is 0 Å². The van der Waals surface area contributed by atoms with Crippen molar-refractivity contribution in [1.82, 2.24) is 10.6 Å². The second kappa shape index (κ2) is 8.24. The number of amides is 3. The highest BCUT2D eigenvalue weighted by Crippen LogP contribution is 2.28. The van der Waals surface area contributed by atoms with Crippen LogP contribution in [0.2, 0.25) is 0 Å². The summed E-state index contributed by atoms with van der Waals surface area (Å²) in [7, 11) is 0. The molecule has 3 amide bonds. The third-order valence-electron chi connectivity index (χ3n) is 3.91. The summed E-state index contributed by atoms with van der Waals surface area (Å²) in [6, 6.07) is 6.06.